The van der Waals surface area contributed by atoms with Gasteiger partial charge in [-0.3, -0.25) is 4.79 Å². The number of aromatic amines is 1. The first-order chi connectivity index (χ1) is 19.8. The van der Waals surface area contributed by atoms with E-state index in [4.69, 9.17) is 9.47 Å². The number of likely N-dealkylation sites (N-methyl/N-ethyl adjacent to an activating group) is 1. The van der Waals surface area contributed by atoms with E-state index < -0.39 is 0 Å². The van der Waals surface area contributed by atoms with E-state index in [-0.39, 0.29) is 17.4 Å². The van der Waals surface area contributed by atoms with Gasteiger partial charge < -0.3 is 29.2 Å². The normalized spacial score (nSPS) is 27.8. The Kier molecular flexibility index (Phi) is 5.41. The average Bonchev–Trinajstić information content (AvgIpc) is 3.49. The van der Waals surface area contributed by atoms with Crippen molar-refractivity contribution in [3.8, 4) is 11.5 Å². The molecule has 4 atom stereocenters. The molecule has 2 fully saturated rings. The molecule has 0 saturated carbocycles. The third-order valence-corrected chi connectivity index (χ3v) is 11.2. The maximum absolute atomic E-state index is 14.1. The van der Waals surface area contributed by atoms with Gasteiger partial charge in [-0.1, -0.05) is 24.3 Å². The first-order valence-electron chi connectivity index (χ1n) is 15.2. The van der Waals surface area contributed by atoms with Crippen LogP contribution in [0.3, 0.4) is 0 Å². The highest BCUT2D eigenvalue weighted by Gasteiger charge is 2.65. The zero-order valence-corrected chi connectivity index (χ0v) is 24.8. The zero-order valence-electron chi connectivity index (χ0n) is 24.8. The number of nitrogens with zero attached hydrogens (tertiary/aromatic N) is 3. The number of ether oxygens (including phenoxy) is 2. The predicted octanol–water partition coefficient (Wildman–Crippen LogP) is 4.71. The van der Waals surface area contributed by atoms with Crippen LogP contribution in [0.2, 0.25) is 0 Å². The van der Waals surface area contributed by atoms with E-state index >= 15 is 0 Å². The van der Waals surface area contributed by atoms with Crippen LogP contribution in [0.4, 0.5) is 5.69 Å². The van der Waals surface area contributed by atoms with Crippen LogP contribution in [0.5, 0.6) is 11.5 Å². The van der Waals surface area contributed by atoms with E-state index in [1.807, 2.05) is 4.90 Å². The third-order valence-electron chi connectivity index (χ3n) is 11.2. The number of benzene rings is 2. The predicted molar refractivity (Wildman–Crippen MR) is 160 cm³/mol. The molecule has 7 nitrogen and oxygen atoms in total. The molecular formula is C34H40N4O3. The number of carbonyl (C=O) groups excluding carboxylic acids is 1. The Morgan fingerprint density at radius 1 is 1.02 bits per heavy atom. The van der Waals surface area contributed by atoms with Crippen LogP contribution in [0.15, 0.2) is 30.3 Å². The lowest BCUT2D eigenvalue weighted by Gasteiger charge is -2.57. The number of hydrogen-bond donors (Lipinski definition) is 1. The van der Waals surface area contributed by atoms with Crippen LogP contribution in [-0.2, 0) is 18.3 Å². The Labute approximate surface area is 242 Å². The lowest BCUT2D eigenvalue weighted by Crippen LogP contribution is -2.62. The van der Waals surface area contributed by atoms with Crippen molar-refractivity contribution < 1.29 is 14.3 Å². The number of methoxy groups -OCH3 is 1. The fraction of sp³-hybridized carbons (Fsp3) is 0.500. The van der Waals surface area contributed by atoms with Crippen LogP contribution in [-0.4, -0.2) is 73.6 Å². The second kappa shape index (κ2) is 8.78. The molecule has 1 N–H and O–H groups in total. The Morgan fingerprint density at radius 2 is 1.78 bits per heavy atom. The van der Waals surface area contributed by atoms with Gasteiger partial charge in [-0.25, -0.2) is 0 Å². The largest absolute Gasteiger partial charge is 0.493 e. The molecule has 2 aliphatic carbocycles. The summed E-state index contributed by atoms with van der Waals surface area (Å²) < 4.78 is 12.7. The minimum absolute atomic E-state index is 0.0731. The van der Waals surface area contributed by atoms with Crippen molar-refractivity contribution in [3.05, 3.63) is 75.1 Å². The summed E-state index contributed by atoms with van der Waals surface area (Å²) >= 11 is 0. The van der Waals surface area contributed by atoms with E-state index in [2.05, 4.69) is 72.9 Å². The first kappa shape index (κ1) is 25.3. The Balaban J connectivity index is 1.14. The molecule has 41 heavy (non-hydrogen) atoms. The Hall–Kier alpha value is -3.45. The molecular weight excluding hydrogens is 512 g/mol. The minimum Gasteiger partial charge on any atom is -0.493 e. The quantitative estimate of drug-likeness (QED) is 0.510. The van der Waals surface area contributed by atoms with Crippen molar-refractivity contribution in [2.75, 3.05) is 51.8 Å². The van der Waals surface area contributed by atoms with Crippen molar-refractivity contribution in [1.82, 2.24) is 14.8 Å². The molecule has 2 bridgehead atoms. The van der Waals surface area contributed by atoms with E-state index in [9.17, 15) is 4.79 Å². The zero-order chi connectivity index (χ0) is 28.2. The van der Waals surface area contributed by atoms with Crippen LogP contribution in [0.1, 0.15) is 62.1 Å². The molecule has 3 aromatic rings. The SMILES string of the molecule is COc1ccc2c3c1O[C@H]1c4[nH]c(C(=O)N5CCN(c6c(C)cccc6C)CC5)c(C)c4CC4[C@@H](C2)N(C)CC[C@@]341. The van der Waals surface area contributed by atoms with Crippen LogP contribution < -0.4 is 14.4 Å². The molecule has 1 aromatic heterocycles. The van der Waals surface area contributed by atoms with Crippen molar-refractivity contribution in [2.45, 2.75) is 57.6 Å². The van der Waals surface area contributed by atoms with Crippen LogP contribution in [0.25, 0.3) is 0 Å². The van der Waals surface area contributed by atoms with E-state index in [0.717, 1.165) is 80.4 Å². The van der Waals surface area contributed by atoms with Gasteiger partial charge in [0.15, 0.2) is 11.5 Å². The summed E-state index contributed by atoms with van der Waals surface area (Å²) in [6.45, 7) is 10.7. The molecule has 4 heterocycles. The van der Waals surface area contributed by atoms with Gasteiger partial charge >= 0.3 is 0 Å². The van der Waals surface area contributed by atoms with Gasteiger partial charge in [0.25, 0.3) is 5.91 Å². The highest BCUT2D eigenvalue weighted by molar-refractivity contribution is 5.95. The van der Waals surface area contributed by atoms with Crippen LogP contribution in [0, 0.1) is 26.7 Å². The summed E-state index contributed by atoms with van der Waals surface area (Å²) in [5.74, 6) is 2.33. The van der Waals surface area contributed by atoms with Gasteiger partial charge in [-0.05, 0) is 93.4 Å². The van der Waals surface area contributed by atoms with E-state index in [1.165, 1.54) is 33.5 Å². The van der Waals surface area contributed by atoms with Gasteiger partial charge in [-0.2, -0.15) is 0 Å². The lowest BCUT2D eigenvalue weighted by molar-refractivity contribution is -0.0256. The number of piperidine rings is 1. The number of piperazine rings is 1. The number of para-hydroxylation sites is 1. The van der Waals surface area contributed by atoms with Crippen molar-refractivity contribution in [3.63, 3.8) is 0 Å². The number of fused-ring (bicyclic) bond motifs is 2. The van der Waals surface area contributed by atoms with Gasteiger partial charge in [0, 0.05) is 48.9 Å². The van der Waals surface area contributed by atoms with Crippen LogP contribution >= 0.6 is 0 Å². The number of amides is 1. The van der Waals surface area contributed by atoms with Gasteiger partial charge in [0.05, 0.1) is 12.8 Å². The summed E-state index contributed by atoms with van der Waals surface area (Å²) in [5, 5.41) is 0. The molecule has 5 aliphatic rings. The molecule has 1 spiro atoms. The minimum atomic E-state index is -0.112. The van der Waals surface area contributed by atoms with Gasteiger partial charge in [0.2, 0.25) is 0 Å². The molecule has 8 rings (SSSR count). The Bertz CT molecular complexity index is 1560. The monoisotopic (exact) mass is 552 g/mol. The lowest BCUT2D eigenvalue weighted by atomic mass is 9.51. The highest BCUT2D eigenvalue weighted by atomic mass is 16.5. The molecule has 214 valence electrons. The van der Waals surface area contributed by atoms with Crippen molar-refractivity contribution in [1.29, 1.82) is 0 Å². The first-order valence-corrected chi connectivity index (χ1v) is 15.2. The van der Waals surface area contributed by atoms with E-state index in [1.54, 1.807) is 7.11 Å². The number of rotatable bonds is 3. The highest BCUT2D eigenvalue weighted by Crippen LogP contribution is 2.67. The summed E-state index contributed by atoms with van der Waals surface area (Å²) in [4.78, 5) is 24.8. The Morgan fingerprint density at radius 3 is 2.51 bits per heavy atom. The van der Waals surface area contributed by atoms with E-state index in [0.29, 0.717) is 12.0 Å². The molecule has 0 radical (unpaired) electrons. The summed E-state index contributed by atoms with van der Waals surface area (Å²) in [7, 11) is 4.02. The topological polar surface area (TPSA) is 61.0 Å². The third kappa shape index (κ3) is 3.27. The number of nitrogens with one attached hydrogen (secondary N) is 1. The summed E-state index contributed by atoms with van der Waals surface area (Å²) in [5.41, 5.74) is 10.9. The fourth-order valence-corrected chi connectivity index (χ4v) is 9.25. The number of carbonyl (C=O) groups is 1. The number of aryl methyl sites for hydroxylation is 2. The molecule has 1 amide bonds. The number of hydrogen-bond acceptors (Lipinski definition) is 5. The van der Waals surface area contributed by atoms with Crippen molar-refractivity contribution in [2.24, 2.45) is 5.92 Å². The van der Waals surface area contributed by atoms with Crippen molar-refractivity contribution >= 4 is 11.6 Å². The maximum atomic E-state index is 14.1. The molecule has 1 unspecified atom stereocenters. The molecule has 3 aliphatic heterocycles. The summed E-state index contributed by atoms with van der Waals surface area (Å²) in [6.07, 6.45) is 2.97. The van der Waals surface area contributed by atoms with Gasteiger partial charge in [-0.15, -0.1) is 0 Å². The number of aromatic nitrogens is 1. The second-order valence-electron chi connectivity index (χ2n) is 13.0. The molecule has 2 saturated heterocycles. The molecule has 7 heteroatoms. The fourth-order valence-electron chi connectivity index (χ4n) is 9.25. The maximum Gasteiger partial charge on any atom is 0.270 e. The summed E-state index contributed by atoms with van der Waals surface area (Å²) in [6, 6.07) is 11.3. The standard InChI is InChI=1S/C34H40N4O3/c1-19-7-6-8-20(2)30(19)37-13-15-38(16-14-37)33(39)28-21(3)23-18-24-25-17-22-9-10-26(40-5)31-27(22)34(24,11-12-36(25)4)32(41-31)29(23)35-28/h6-10,24-25,32,35H,11-18H2,1-5H3/t24?,25-,32+,34+/m1/s1. The molecule has 2 aromatic carbocycles. The second-order valence-corrected chi connectivity index (χ2v) is 13.0. The smallest absolute Gasteiger partial charge is 0.270 e. The number of H-pyrrole nitrogens is 1. The number of anilines is 1. The van der Waals surface area contributed by atoms with Gasteiger partial charge in [0.1, 0.15) is 11.8 Å². The number of likely N-dealkylation sites (tertiary alicyclic amines) is 1. The average molecular weight is 553 g/mol.